The first kappa shape index (κ1) is 44.7. The number of carbonyl (C=O) groups excluding carboxylic acids is 2. The van der Waals surface area contributed by atoms with Gasteiger partial charge in [-0.1, -0.05) is 48.5 Å². The van der Waals surface area contributed by atoms with Crippen LogP contribution >= 0.6 is 11.8 Å². The number of carbonyl (C=O) groups is 2. The molecule has 314 valence electrons. The normalized spacial score (nSPS) is 12.9. The number of fused-ring (bicyclic) bond motifs is 1. The Labute approximate surface area is 354 Å². The van der Waals surface area contributed by atoms with Gasteiger partial charge in [-0.05, 0) is 108 Å². The first-order valence-electron chi connectivity index (χ1n) is 18.8. The van der Waals surface area contributed by atoms with Gasteiger partial charge in [-0.15, -0.1) is 16.9 Å². The zero-order valence-corrected chi connectivity index (χ0v) is 36.2. The second kappa shape index (κ2) is 20.5. The van der Waals surface area contributed by atoms with E-state index in [1.54, 1.807) is 65.5 Å². The van der Waals surface area contributed by atoms with Gasteiger partial charge in [-0.3, -0.25) is 9.59 Å². The maximum atomic E-state index is 13.4. The third kappa shape index (κ3) is 10.6. The number of nitrogens with one attached hydrogen (secondary N) is 1. The Hall–Kier alpha value is -6.38. The van der Waals surface area contributed by atoms with Crippen molar-refractivity contribution in [1.82, 2.24) is 5.43 Å². The summed E-state index contributed by atoms with van der Waals surface area (Å²) in [5.74, 6) is 1.63. The van der Waals surface area contributed by atoms with Crippen LogP contribution in [0, 0.1) is 5.41 Å². The molecule has 0 saturated heterocycles. The van der Waals surface area contributed by atoms with E-state index in [1.165, 1.54) is 46.4 Å². The lowest BCUT2D eigenvalue weighted by Crippen LogP contribution is -2.29. The first-order valence-corrected chi connectivity index (χ1v) is 20.0. The molecular formula is C46H50N4O9S. The van der Waals surface area contributed by atoms with E-state index in [9.17, 15) is 9.59 Å². The lowest BCUT2D eigenvalue weighted by molar-refractivity contribution is -0.145. The molecule has 0 aliphatic heterocycles. The van der Waals surface area contributed by atoms with Crippen LogP contribution in [-0.4, -0.2) is 79.1 Å². The number of hydrogen-bond acceptors (Lipinski definition) is 13. The van der Waals surface area contributed by atoms with E-state index in [-0.39, 0.29) is 11.8 Å². The number of hydrazone groups is 1. The highest BCUT2D eigenvalue weighted by atomic mass is 32.2. The number of thioether (sulfide) groups is 1. The van der Waals surface area contributed by atoms with Crippen LogP contribution in [0.1, 0.15) is 54.4 Å². The lowest BCUT2D eigenvalue weighted by Gasteiger charge is -2.22. The molecule has 5 rings (SSSR count). The molecule has 0 saturated carbocycles. The minimum Gasteiger partial charge on any atom is -0.493 e. The molecule has 13 nitrogen and oxygen atoms in total. The molecule has 0 aromatic heterocycles. The Bertz CT molecular complexity index is 2380. The molecule has 5 aromatic rings. The molecule has 2 atom stereocenters. The summed E-state index contributed by atoms with van der Waals surface area (Å²) in [5, 5.41) is 14.2. The number of esters is 1. The van der Waals surface area contributed by atoms with E-state index in [2.05, 4.69) is 20.7 Å². The topological polar surface area (TPSA) is 148 Å². The van der Waals surface area contributed by atoms with Crippen molar-refractivity contribution < 1.29 is 42.7 Å². The molecule has 0 fully saturated rings. The summed E-state index contributed by atoms with van der Waals surface area (Å²) < 4.78 is 39.1. The molecule has 0 heterocycles. The van der Waals surface area contributed by atoms with Gasteiger partial charge in [0.25, 0.3) is 11.8 Å². The summed E-state index contributed by atoms with van der Waals surface area (Å²) >= 11 is 1.40. The van der Waals surface area contributed by atoms with E-state index < -0.39 is 22.7 Å². The molecule has 1 amide bonds. The van der Waals surface area contributed by atoms with Crippen molar-refractivity contribution in [2.24, 2.45) is 20.7 Å². The van der Waals surface area contributed by atoms with Gasteiger partial charge in [-0.25, -0.2) is 5.43 Å². The molecule has 0 spiro atoms. The lowest BCUT2D eigenvalue weighted by atomic mass is 9.94. The molecule has 14 heteroatoms. The van der Waals surface area contributed by atoms with Gasteiger partial charge >= 0.3 is 5.97 Å². The van der Waals surface area contributed by atoms with Gasteiger partial charge in [0.05, 0.1) is 53.4 Å². The maximum absolute atomic E-state index is 13.4. The van der Waals surface area contributed by atoms with E-state index >= 15 is 0 Å². The van der Waals surface area contributed by atoms with Crippen LogP contribution in [0.2, 0.25) is 0 Å². The highest BCUT2D eigenvalue weighted by molar-refractivity contribution is 7.99. The molecule has 5 aromatic carbocycles. The molecule has 1 N–H and O–H groups in total. The maximum Gasteiger partial charge on any atom is 0.317 e. The third-order valence-corrected chi connectivity index (χ3v) is 10.3. The Balaban J connectivity index is 1.47. The number of hydrogen-bond donors (Lipinski definition) is 1. The largest absolute Gasteiger partial charge is 0.493 e. The van der Waals surface area contributed by atoms with Crippen molar-refractivity contribution in [3.05, 3.63) is 113 Å². The van der Waals surface area contributed by atoms with Gasteiger partial charge in [-0.2, -0.15) is 10.2 Å². The van der Waals surface area contributed by atoms with E-state index in [4.69, 9.17) is 33.2 Å². The summed E-state index contributed by atoms with van der Waals surface area (Å²) in [6, 6.07) is 28.5. The van der Waals surface area contributed by atoms with Crippen LogP contribution < -0.4 is 29.1 Å². The van der Waals surface area contributed by atoms with Crippen molar-refractivity contribution >= 4 is 52.7 Å². The fourth-order valence-corrected chi connectivity index (χ4v) is 6.89. The zero-order chi connectivity index (χ0) is 43.4. The summed E-state index contributed by atoms with van der Waals surface area (Å²) in [4.78, 5) is 26.8. The third-order valence-electron chi connectivity index (χ3n) is 9.31. The Morgan fingerprint density at radius 3 is 2.00 bits per heavy atom. The van der Waals surface area contributed by atoms with Crippen LogP contribution in [0.4, 0.5) is 0 Å². The van der Waals surface area contributed by atoms with E-state index in [0.717, 1.165) is 33.0 Å². The smallest absolute Gasteiger partial charge is 0.317 e. The van der Waals surface area contributed by atoms with E-state index in [1.807, 2.05) is 73.0 Å². The summed E-state index contributed by atoms with van der Waals surface area (Å²) in [6.45, 7) is 5.26. The predicted octanol–water partition coefficient (Wildman–Crippen LogP) is 8.81. The van der Waals surface area contributed by atoms with Crippen LogP contribution in [0.5, 0.6) is 28.7 Å². The molecule has 0 radical (unpaired) electrons. The highest BCUT2D eigenvalue weighted by Crippen LogP contribution is 2.38. The van der Waals surface area contributed by atoms with Crippen LogP contribution in [0.15, 0.2) is 106 Å². The van der Waals surface area contributed by atoms with Crippen molar-refractivity contribution in [1.29, 1.82) is 0 Å². The van der Waals surface area contributed by atoms with Gasteiger partial charge in [0.1, 0.15) is 5.25 Å². The Morgan fingerprint density at radius 2 is 1.37 bits per heavy atom. The number of benzene rings is 5. The summed E-state index contributed by atoms with van der Waals surface area (Å²) in [7, 11) is 9.22. The van der Waals surface area contributed by atoms with Crippen LogP contribution in [-0.2, 0) is 19.1 Å². The monoisotopic (exact) mass is 834 g/mol. The summed E-state index contributed by atoms with van der Waals surface area (Å²) in [5.41, 5.74) is 6.45. The predicted molar refractivity (Wildman–Crippen MR) is 237 cm³/mol. The van der Waals surface area contributed by atoms with Gasteiger partial charge in [0.15, 0.2) is 29.1 Å². The number of ether oxygens (including phenoxy) is 7. The van der Waals surface area contributed by atoms with Gasteiger partial charge in [0.2, 0.25) is 5.75 Å². The van der Waals surface area contributed by atoms with Crippen molar-refractivity contribution in [2.45, 2.75) is 32.1 Å². The number of rotatable bonds is 16. The minimum absolute atomic E-state index is 0.0522. The first-order chi connectivity index (χ1) is 28.9. The standard InChI is InChI=1S/C46H50N4O9S/c1-46(2,3)45(52)59-44(50-48-27-29-22-38(55-6)41(58-9)39(23-29)56-7)40(57-8)34-16-12-13-30-18-19-32(25-35(30)34)31-14-11-15-33(24-31)42(60-10)43(51)49-47-26-28-17-20-36(53-4)37(21-28)54-5/h11-27,40,42H,1-10H3,(H,49,51). The number of methoxy groups -OCH3 is 6. The molecular weight excluding hydrogens is 785 g/mol. The Kier molecular flexibility index (Phi) is 15.3. The molecule has 0 bridgehead atoms. The fourth-order valence-electron chi connectivity index (χ4n) is 6.21. The van der Waals surface area contributed by atoms with Crippen LogP contribution in [0.3, 0.4) is 0 Å². The van der Waals surface area contributed by atoms with Crippen molar-refractivity contribution in [2.75, 3.05) is 48.9 Å². The quantitative estimate of drug-likeness (QED) is 0.0443. The second-order valence-corrected chi connectivity index (χ2v) is 15.2. The summed E-state index contributed by atoms with van der Waals surface area (Å²) in [6.07, 6.45) is 3.99. The molecule has 2 unspecified atom stereocenters. The average Bonchev–Trinajstić information content (AvgIpc) is 3.25. The fraction of sp³-hybridized carbons (Fsp3) is 0.283. The van der Waals surface area contributed by atoms with Gasteiger partial charge < -0.3 is 33.2 Å². The molecule has 60 heavy (non-hydrogen) atoms. The SMILES string of the molecule is COc1ccc(C=NNC(=O)C(SC)c2cccc(-c3ccc4cccc(C(OC)C(=NN=Cc5cc(OC)c(OC)c(OC)c5)OC(=O)C(C)(C)C)c4c3)c2)cc1OC. The number of amides is 1. The highest BCUT2D eigenvalue weighted by Gasteiger charge is 2.30. The average molecular weight is 835 g/mol. The van der Waals surface area contributed by atoms with E-state index in [0.29, 0.717) is 39.9 Å². The van der Waals surface area contributed by atoms with Crippen LogP contribution in [0.25, 0.3) is 21.9 Å². The van der Waals surface area contributed by atoms with Gasteiger partial charge in [0, 0.05) is 12.7 Å². The van der Waals surface area contributed by atoms with Crippen molar-refractivity contribution in [3.63, 3.8) is 0 Å². The minimum atomic E-state index is -0.928. The Morgan fingerprint density at radius 1 is 0.700 bits per heavy atom. The number of nitrogens with zero attached hydrogens (tertiary/aromatic N) is 3. The molecule has 0 aliphatic rings. The molecule has 0 aliphatic carbocycles. The second-order valence-electron chi connectivity index (χ2n) is 14.3. The zero-order valence-electron chi connectivity index (χ0n) is 35.4. The van der Waals surface area contributed by atoms with Crippen molar-refractivity contribution in [3.8, 4) is 39.9 Å².